The van der Waals surface area contributed by atoms with Gasteiger partial charge in [-0.15, -0.1) is 0 Å². The third kappa shape index (κ3) is 3.34. The number of amides is 2. The van der Waals surface area contributed by atoms with Crippen LogP contribution < -0.4 is 10.6 Å². The molecule has 0 heterocycles. The zero-order valence-electron chi connectivity index (χ0n) is 15.4. The third-order valence-electron chi connectivity index (χ3n) is 4.94. The molecule has 0 fully saturated rings. The van der Waals surface area contributed by atoms with Crippen LogP contribution in [0.2, 0.25) is 0 Å². The maximum absolute atomic E-state index is 12.3. The standard InChI is InChI=1S/C23H20N2O3/c1-24-22(26)15-7-6-8-16(13-15)25-23(27)28-14-21-19-11-4-2-9-17(19)18-10-3-5-12-20(18)21/h2-13,21H,14H2,1H3,(H,24,26)(H,25,27). The Balaban J connectivity index is 1.47. The highest BCUT2D eigenvalue weighted by Crippen LogP contribution is 2.44. The van der Waals surface area contributed by atoms with Crippen LogP contribution in [0.15, 0.2) is 72.8 Å². The van der Waals surface area contributed by atoms with E-state index in [4.69, 9.17) is 4.74 Å². The summed E-state index contributed by atoms with van der Waals surface area (Å²) in [5.41, 5.74) is 5.68. The van der Waals surface area contributed by atoms with Crippen molar-refractivity contribution in [2.75, 3.05) is 19.0 Å². The fraction of sp³-hybridized carbons (Fsp3) is 0.130. The summed E-state index contributed by atoms with van der Waals surface area (Å²) in [5, 5.41) is 5.25. The van der Waals surface area contributed by atoms with Crippen LogP contribution in [0.5, 0.6) is 0 Å². The van der Waals surface area contributed by atoms with E-state index >= 15 is 0 Å². The number of rotatable bonds is 4. The summed E-state index contributed by atoms with van der Waals surface area (Å²) in [6, 6.07) is 23.1. The van der Waals surface area contributed by atoms with Gasteiger partial charge < -0.3 is 10.1 Å². The Morgan fingerprint density at radius 1 is 0.893 bits per heavy atom. The van der Waals surface area contributed by atoms with Crippen LogP contribution in [-0.2, 0) is 4.74 Å². The predicted octanol–water partition coefficient (Wildman–Crippen LogP) is 4.41. The van der Waals surface area contributed by atoms with Crippen molar-refractivity contribution in [1.29, 1.82) is 0 Å². The molecule has 28 heavy (non-hydrogen) atoms. The van der Waals surface area contributed by atoms with E-state index < -0.39 is 6.09 Å². The third-order valence-corrected chi connectivity index (χ3v) is 4.94. The van der Waals surface area contributed by atoms with Crippen LogP contribution in [0.3, 0.4) is 0 Å². The largest absolute Gasteiger partial charge is 0.448 e. The molecule has 0 bridgehead atoms. The van der Waals surface area contributed by atoms with E-state index in [0.29, 0.717) is 11.3 Å². The minimum atomic E-state index is -0.545. The molecule has 0 saturated carbocycles. The van der Waals surface area contributed by atoms with Gasteiger partial charge in [0.1, 0.15) is 6.61 Å². The van der Waals surface area contributed by atoms with Crippen LogP contribution in [-0.4, -0.2) is 25.7 Å². The van der Waals surface area contributed by atoms with Gasteiger partial charge in [-0.05, 0) is 40.5 Å². The number of benzene rings is 3. The smallest absolute Gasteiger partial charge is 0.411 e. The second-order valence-corrected chi connectivity index (χ2v) is 6.61. The molecule has 0 aliphatic heterocycles. The van der Waals surface area contributed by atoms with Gasteiger partial charge in [0.25, 0.3) is 5.91 Å². The Labute approximate surface area is 163 Å². The van der Waals surface area contributed by atoms with Gasteiger partial charge in [0.15, 0.2) is 0 Å². The first-order valence-corrected chi connectivity index (χ1v) is 9.11. The van der Waals surface area contributed by atoms with Crippen LogP contribution in [0, 0.1) is 0 Å². The van der Waals surface area contributed by atoms with Crippen molar-refractivity contribution >= 4 is 17.7 Å². The Kier molecular flexibility index (Phi) is 4.81. The summed E-state index contributed by atoms with van der Waals surface area (Å²) in [6.45, 7) is 0.245. The van der Waals surface area contributed by atoms with Gasteiger partial charge in [-0.2, -0.15) is 0 Å². The average molecular weight is 372 g/mol. The fourth-order valence-electron chi connectivity index (χ4n) is 3.63. The Morgan fingerprint density at radius 2 is 1.54 bits per heavy atom. The topological polar surface area (TPSA) is 67.4 Å². The first kappa shape index (κ1) is 17.8. The first-order valence-electron chi connectivity index (χ1n) is 9.11. The SMILES string of the molecule is CNC(=O)c1cccc(NC(=O)OCC2c3ccccc3-c3ccccc32)c1. The number of ether oxygens (including phenoxy) is 1. The van der Waals surface area contributed by atoms with Crippen molar-refractivity contribution in [2.24, 2.45) is 0 Å². The number of anilines is 1. The molecule has 0 unspecified atom stereocenters. The van der Waals surface area contributed by atoms with Crippen molar-refractivity contribution in [3.63, 3.8) is 0 Å². The number of hydrogen-bond acceptors (Lipinski definition) is 3. The molecular formula is C23H20N2O3. The van der Waals surface area contributed by atoms with Crippen molar-refractivity contribution in [3.05, 3.63) is 89.5 Å². The van der Waals surface area contributed by atoms with Gasteiger partial charge >= 0.3 is 6.09 Å². The van der Waals surface area contributed by atoms with Gasteiger partial charge in [-0.1, -0.05) is 54.6 Å². The van der Waals surface area contributed by atoms with Gasteiger partial charge in [0, 0.05) is 24.2 Å². The van der Waals surface area contributed by atoms with Crippen LogP contribution in [0.1, 0.15) is 27.4 Å². The average Bonchev–Trinajstić information content (AvgIpc) is 3.06. The summed E-state index contributed by atoms with van der Waals surface area (Å²) in [5.74, 6) is -0.202. The minimum Gasteiger partial charge on any atom is -0.448 e. The Hall–Kier alpha value is -3.60. The molecule has 5 heteroatoms. The van der Waals surface area contributed by atoms with Gasteiger partial charge in [-0.25, -0.2) is 4.79 Å². The van der Waals surface area contributed by atoms with Gasteiger partial charge in [0.2, 0.25) is 0 Å². The van der Waals surface area contributed by atoms with E-state index in [9.17, 15) is 9.59 Å². The molecule has 0 aromatic heterocycles. The Morgan fingerprint density at radius 3 is 2.18 bits per heavy atom. The first-order chi connectivity index (χ1) is 13.7. The number of fused-ring (bicyclic) bond motifs is 3. The molecule has 0 atom stereocenters. The van der Waals surface area contributed by atoms with Crippen molar-refractivity contribution in [1.82, 2.24) is 5.32 Å². The normalized spacial score (nSPS) is 12.0. The maximum Gasteiger partial charge on any atom is 0.411 e. The quantitative estimate of drug-likeness (QED) is 0.713. The lowest BCUT2D eigenvalue weighted by molar-refractivity contribution is 0.0963. The van der Waals surface area contributed by atoms with Crippen LogP contribution in [0.25, 0.3) is 11.1 Å². The Bertz CT molecular complexity index is 1000. The lowest BCUT2D eigenvalue weighted by Crippen LogP contribution is -2.19. The molecule has 0 spiro atoms. The zero-order chi connectivity index (χ0) is 19.5. The highest BCUT2D eigenvalue weighted by atomic mass is 16.5. The number of carbonyl (C=O) groups excluding carboxylic acids is 2. The highest BCUT2D eigenvalue weighted by molar-refractivity contribution is 5.96. The lowest BCUT2D eigenvalue weighted by Gasteiger charge is -2.14. The van der Waals surface area contributed by atoms with Gasteiger partial charge in [0.05, 0.1) is 0 Å². The molecule has 3 aromatic carbocycles. The summed E-state index contributed by atoms with van der Waals surface area (Å²) in [4.78, 5) is 24.0. The number of hydrogen-bond donors (Lipinski definition) is 2. The molecule has 0 saturated heterocycles. The molecule has 1 aliphatic rings. The zero-order valence-corrected chi connectivity index (χ0v) is 15.4. The van der Waals surface area contributed by atoms with Crippen molar-refractivity contribution < 1.29 is 14.3 Å². The molecule has 140 valence electrons. The number of carbonyl (C=O) groups is 2. The molecule has 5 nitrogen and oxygen atoms in total. The molecule has 3 aromatic rings. The summed E-state index contributed by atoms with van der Waals surface area (Å²) in [7, 11) is 1.56. The monoisotopic (exact) mass is 372 g/mol. The summed E-state index contributed by atoms with van der Waals surface area (Å²) >= 11 is 0. The predicted molar refractivity (Wildman–Crippen MR) is 109 cm³/mol. The second-order valence-electron chi connectivity index (χ2n) is 6.61. The van der Waals surface area contributed by atoms with E-state index in [1.54, 1.807) is 31.3 Å². The molecule has 0 radical (unpaired) electrons. The maximum atomic E-state index is 12.3. The lowest BCUT2D eigenvalue weighted by atomic mass is 9.98. The molecule has 1 aliphatic carbocycles. The summed E-state index contributed by atoms with van der Waals surface area (Å²) in [6.07, 6.45) is -0.545. The minimum absolute atomic E-state index is 0.00959. The van der Waals surface area contributed by atoms with E-state index in [2.05, 4.69) is 34.9 Å². The van der Waals surface area contributed by atoms with E-state index in [1.165, 1.54) is 11.1 Å². The highest BCUT2D eigenvalue weighted by Gasteiger charge is 2.28. The van der Waals surface area contributed by atoms with E-state index in [-0.39, 0.29) is 18.4 Å². The second kappa shape index (κ2) is 7.56. The molecule has 4 rings (SSSR count). The number of nitrogens with one attached hydrogen (secondary N) is 2. The van der Waals surface area contributed by atoms with Crippen molar-refractivity contribution in [2.45, 2.75) is 5.92 Å². The van der Waals surface area contributed by atoms with Crippen LogP contribution in [0.4, 0.5) is 10.5 Å². The van der Waals surface area contributed by atoms with Gasteiger partial charge in [-0.3, -0.25) is 10.1 Å². The van der Waals surface area contributed by atoms with E-state index in [1.807, 2.05) is 24.3 Å². The molecule has 2 N–H and O–H groups in total. The molecule has 2 amide bonds. The van der Waals surface area contributed by atoms with Crippen molar-refractivity contribution in [3.8, 4) is 11.1 Å². The van der Waals surface area contributed by atoms with E-state index in [0.717, 1.165) is 11.1 Å². The van der Waals surface area contributed by atoms with Crippen LogP contribution >= 0.6 is 0 Å². The fourth-order valence-corrected chi connectivity index (χ4v) is 3.63. The summed E-state index contributed by atoms with van der Waals surface area (Å²) < 4.78 is 5.52. The molecular weight excluding hydrogens is 352 g/mol.